The molecule has 0 amide bonds. The van der Waals surface area contributed by atoms with Gasteiger partial charge in [-0.15, -0.1) is 12.4 Å². The average Bonchev–Trinajstić information content (AvgIpc) is 3.01. The number of fused-ring (bicyclic) bond motifs is 1. The third kappa shape index (κ3) is 4.87. The van der Waals surface area contributed by atoms with Crippen LogP contribution in [0.25, 0.3) is 10.9 Å². The van der Waals surface area contributed by atoms with Gasteiger partial charge < -0.3 is 10.1 Å². The predicted octanol–water partition coefficient (Wildman–Crippen LogP) is 5.35. The number of aryl methyl sites for hydroxylation is 1. The number of ether oxygens (including phenoxy) is 1. The summed E-state index contributed by atoms with van der Waals surface area (Å²) < 4.78 is 6.57. The molecular weight excluding hydrogens is 382 g/mol. The number of nitrogens with one attached hydrogen (secondary N) is 1. The Morgan fingerprint density at radius 1 is 1.10 bits per heavy atom. The molecule has 0 bridgehead atoms. The van der Waals surface area contributed by atoms with Gasteiger partial charge in [0.1, 0.15) is 11.9 Å². The molecule has 2 heterocycles. The van der Waals surface area contributed by atoms with E-state index in [4.69, 9.17) is 4.74 Å². The molecule has 5 heteroatoms. The normalized spacial score (nSPS) is 17.6. The number of nitrogens with zero attached hydrogens (tertiary/aromatic N) is 2. The number of benzene rings is 2. The number of pyridine rings is 1. The van der Waals surface area contributed by atoms with Crippen molar-refractivity contribution in [2.24, 2.45) is 5.92 Å². The minimum absolute atomic E-state index is 0. The molecule has 0 radical (unpaired) electrons. The second-order valence-corrected chi connectivity index (χ2v) is 7.49. The first-order chi connectivity index (χ1) is 13.7. The Morgan fingerprint density at radius 2 is 1.93 bits per heavy atom. The summed E-state index contributed by atoms with van der Waals surface area (Å²) in [4.78, 5) is 4.64. The van der Waals surface area contributed by atoms with Crippen LogP contribution in [0.3, 0.4) is 0 Å². The van der Waals surface area contributed by atoms with E-state index in [0.29, 0.717) is 11.5 Å². The fraction of sp³-hybridized carbons (Fsp3) is 0.333. The first-order valence-corrected chi connectivity index (χ1v) is 9.98. The first-order valence-electron chi connectivity index (χ1n) is 9.98. The highest BCUT2D eigenvalue weighted by atomic mass is 35.5. The highest BCUT2D eigenvalue weighted by Crippen LogP contribution is 2.36. The van der Waals surface area contributed by atoms with Crippen molar-refractivity contribution < 1.29 is 4.74 Å². The summed E-state index contributed by atoms with van der Waals surface area (Å²) in [6.45, 7) is 4.03. The van der Waals surface area contributed by atoms with Gasteiger partial charge in [0.05, 0.1) is 17.1 Å². The van der Waals surface area contributed by atoms with Gasteiger partial charge in [-0.1, -0.05) is 24.3 Å². The quantitative estimate of drug-likeness (QED) is 0.633. The molecule has 4 nitrogen and oxygen atoms in total. The number of hydrogen-bond acceptors (Lipinski definition) is 4. The molecule has 1 N–H and O–H groups in total. The minimum Gasteiger partial charge on any atom is -0.485 e. The molecule has 1 fully saturated rings. The zero-order valence-corrected chi connectivity index (χ0v) is 17.4. The molecule has 1 saturated heterocycles. The molecule has 1 aromatic heterocycles. The lowest BCUT2D eigenvalue weighted by Crippen LogP contribution is -2.22. The Kier molecular flexibility index (Phi) is 7.09. The average molecular weight is 408 g/mol. The summed E-state index contributed by atoms with van der Waals surface area (Å²) >= 11 is 0. The molecule has 0 aliphatic carbocycles. The van der Waals surface area contributed by atoms with Crippen LogP contribution in [0.5, 0.6) is 5.75 Å². The summed E-state index contributed by atoms with van der Waals surface area (Å²) in [7, 11) is 0. The van der Waals surface area contributed by atoms with Crippen molar-refractivity contribution in [2.45, 2.75) is 32.3 Å². The Hall–Kier alpha value is -2.61. The molecule has 2 aromatic carbocycles. The Bertz CT molecular complexity index is 1010. The van der Waals surface area contributed by atoms with Crippen molar-refractivity contribution in [1.29, 1.82) is 5.26 Å². The number of nitriles is 1. The van der Waals surface area contributed by atoms with Crippen LogP contribution in [0.15, 0.2) is 54.6 Å². The third-order valence-electron chi connectivity index (χ3n) is 5.50. The van der Waals surface area contributed by atoms with E-state index in [9.17, 15) is 5.26 Å². The van der Waals surface area contributed by atoms with E-state index in [1.165, 1.54) is 0 Å². The zero-order valence-electron chi connectivity index (χ0n) is 16.6. The van der Waals surface area contributed by atoms with Gasteiger partial charge in [0.15, 0.2) is 0 Å². The lowest BCUT2D eigenvalue weighted by Gasteiger charge is -2.28. The maximum Gasteiger partial charge on any atom is 0.128 e. The number of aromatic nitrogens is 1. The summed E-state index contributed by atoms with van der Waals surface area (Å²) in [6.07, 6.45) is 3.10. The second kappa shape index (κ2) is 9.73. The molecule has 1 aliphatic heterocycles. The summed E-state index contributed by atoms with van der Waals surface area (Å²) in [5.74, 6) is 1.17. The van der Waals surface area contributed by atoms with Crippen molar-refractivity contribution in [1.82, 2.24) is 10.3 Å². The topological polar surface area (TPSA) is 57.9 Å². The van der Waals surface area contributed by atoms with Gasteiger partial charge in [-0.3, -0.25) is 4.98 Å². The smallest absolute Gasteiger partial charge is 0.128 e. The van der Waals surface area contributed by atoms with Crippen LogP contribution in [-0.4, -0.2) is 18.1 Å². The standard InChI is InChI=1S/C24H25N3O.ClH/c1-17-8-9-18-10-11-21(15-23(18)27-17)28-24(19-6-4-13-26-14-12-19)22-7-3-2-5-20(22)16-25;/h2-3,5,7-11,15,19,24,26H,4,6,12-14H2,1H3;1H. The van der Waals surface area contributed by atoms with Gasteiger partial charge in [-0.25, -0.2) is 0 Å². The lowest BCUT2D eigenvalue weighted by atomic mass is 9.87. The van der Waals surface area contributed by atoms with Crippen molar-refractivity contribution in [2.75, 3.05) is 13.1 Å². The van der Waals surface area contributed by atoms with Crippen LogP contribution >= 0.6 is 12.4 Å². The van der Waals surface area contributed by atoms with Crippen molar-refractivity contribution >= 4 is 23.3 Å². The van der Waals surface area contributed by atoms with Crippen LogP contribution in [0.2, 0.25) is 0 Å². The third-order valence-corrected chi connectivity index (χ3v) is 5.50. The van der Waals surface area contributed by atoms with E-state index in [2.05, 4.69) is 28.5 Å². The summed E-state index contributed by atoms with van der Waals surface area (Å²) in [6, 6.07) is 20.3. The summed E-state index contributed by atoms with van der Waals surface area (Å²) in [5, 5.41) is 14.2. The van der Waals surface area contributed by atoms with E-state index >= 15 is 0 Å². The highest BCUT2D eigenvalue weighted by molar-refractivity contribution is 5.85. The largest absolute Gasteiger partial charge is 0.485 e. The van der Waals surface area contributed by atoms with Crippen LogP contribution < -0.4 is 10.1 Å². The maximum absolute atomic E-state index is 9.63. The Balaban J connectivity index is 0.00000240. The number of hydrogen-bond donors (Lipinski definition) is 1. The van der Waals surface area contributed by atoms with E-state index in [-0.39, 0.29) is 18.5 Å². The van der Waals surface area contributed by atoms with Crippen molar-refractivity contribution in [3.05, 3.63) is 71.4 Å². The van der Waals surface area contributed by atoms with Crippen LogP contribution in [0.4, 0.5) is 0 Å². The Morgan fingerprint density at radius 3 is 2.79 bits per heavy atom. The minimum atomic E-state index is -0.141. The first kappa shape index (κ1) is 21.1. The van der Waals surface area contributed by atoms with Crippen LogP contribution in [-0.2, 0) is 0 Å². The molecule has 0 spiro atoms. The molecule has 4 rings (SSSR count). The van der Waals surface area contributed by atoms with E-state index in [1.807, 2.05) is 49.4 Å². The van der Waals surface area contributed by atoms with Gasteiger partial charge in [-0.05, 0) is 63.5 Å². The van der Waals surface area contributed by atoms with E-state index in [1.54, 1.807) is 0 Å². The van der Waals surface area contributed by atoms with Crippen molar-refractivity contribution in [3.63, 3.8) is 0 Å². The molecular formula is C24H26ClN3O. The highest BCUT2D eigenvalue weighted by Gasteiger charge is 2.28. The fourth-order valence-corrected chi connectivity index (χ4v) is 4.03. The number of rotatable bonds is 4. The molecule has 3 aromatic rings. The van der Waals surface area contributed by atoms with Gasteiger partial charge >= 0.3 is 0 Å². The van der Waals surface area contributed by atoms with E-state index < -0.39 is 0 Å². The molecule has 2 unspecified atom stereocenters. The van der Waals surface area contributed by atoms with Crippen molar-refractivity contribution in [3.8, 4) is 11.8 Å². The second-order valence-electron chi connectivity index (χ2n) is 7.49. The molecule has 1 aliphatic rings. The Labute approximate surface area is 178 Å². The zero-order chi connectivity index (χ0) is 19.3. The predicted molar refractivity (Wildman–Crippen MR) is 118 cm³/mol. The molecule has 2 atom stereocenters. The van der Waals surface area contributed by atoms with Crippen LogP contribution in [0.1, 0.15) is 42.2 Å². The molecule has 0 saturated carbocycles. The SMILES string of the molecule is Cc1ccc2ccc(OC(c3ccccc3C#N)C3CCCNCC3)cc2n1.Cl. The van der Waals surface area contributed by atoms with Gasteiger partial charge in [0.25, 0.3) is 0 Å². The van der Waals surface area contributed by atoms with Gasteiger partial charge in [-0.2, -0.15) is 5.26 Å². The molecule has 150 valence electrons. The monoisotopic (exact) mass is 407 g/mol. The van der Waals surface area contributed by atoms with Gasteiger partial charge in [0.2, 0.25) is 0 Å². The van der Waals surface area contributed by atoms with Crippen LogP contribution in [0, 0.1) is 24.2 Å². The maximum atomic E-state index is 9.63. The lowest BCUT2D eigenvalue weighted by molar-refractivity contribution is 0.126. The van der Waals surface area contributed by atoms with Gasteiger partial charge in [0, 0.05) is 28.6 Å². The molecule has 29 heavy (non-hydrogen) atoms. The fourth-order valence-electron chi connectivity index (χ4n) is 4.03. The van der Waals surface area contributed by atoms with E-state index in [0.717, 1.165) is 60.3 Å². The number of halogens is 1. The summed E-state index contributed by atoms with van der Waals surface area (Å²) in [5.41, 5.74) is 3.60.